The Labute approximate surface area is 141 Å². The zero-order chi connectivity index (χ0) is 16.9. The zero-order valence-electron chi connectivity index (χ0n) is 14.1. The monoisotopic (exact) mass is 330 g/mol. The summed E-state index contributed by atoms with van der Waals surface area (Å²) in [7, 11) is 1.68. The highest BCUT2D eigenvalue weighted by molar-refractivity contribution is 5.76. The van der Waals surface area contributed by atoms with Crippen molar-refractivity contribution < 1.29 is 9.53 Å². The lowest BCUT2D eigenvalue weighted by Gasteiger charge is -2.36. The van der Waals surface area contributed by atoms with E-state index in [0.29, 0.717) is 19.5 Å². The first-order chi connectivity index (χ1) is 11.7. The second-order valence-electron chi connectivity index (χ2n) is 5.65. The molecule has 1 aromatic heterocycles. The number of para-hydroxylation sites is 2. The summed E-state index contributed by atoms with van der Waals surface area (Å²) < 4.78 is 7.00. The van der Waals surface area contributed by atoms with Gasteiger partial charge in [0.05, 0.1) is 12.8 Å². The first-order valence-corrected chi connectivity index (χ1v) is 8.13. The van der Waals surface area contributed by atoms with Crippen LogP contribution in [0.2, 0.25) is 0 Å². The van der Waals surface area contributed by atoms with Gasteiger partial charge in [-0.25, -0.2) is 4.68 Å². The lowest BCUT2D eigenvalue weighted by molar-refractivity contribution is -0.132. The van der Waals surface area contributed by atoms with Gasteiger partial charge in [-0.3, -0.25) is 4.79 Å². The van der Waals surface area contributed by atoms with Crippen LogP contribution in [-0.4, -0.2) is 64.3 Å². The van der Waals surface area contributed by atoms with E-state index in [1.807, 2.05) is 36.1 Å². The molecule has 128 valence electrons. The molecule has 0 unspecified atom stereocenters. The van der Waals surface area contributed by atoms with Gasteiger partial charge in [-0.15, -0.1) is 5.10 Å². The van der Waals surface area contributed by atoms with Crippen LogP contribution in [0.3, 0.4) is 0 Å². The molecule has 8 heteroatoms. The van der Waals surface area contributed by atoms with Gasteiger partial charge in [0.1, 0.15) is 12.3 Å². The third kappa shape index (κ3) is 3.32. The maximum atomic E-state index is 12.5. The lowest BCUT2D eigenvalue weighted by Crippen LogP contribution is -2.49. The van der Waals surface area contributed by atoms with E-state index >= 15 is 0 Å². The average molecular weight is 330 g/mol. The Morgan fingerprint density at radius 3 is 2.67 bits per heavy atom. The Morgan fingerprint density at radius 2 is 1.96 bits per heavy atom. The number of rotatable bonds is 5. The Morgan fingerprint density at radius 1 is 1.21 bits per heavy atom. The summed E-state index contributed by atoms with van der Waals surface area (Å²) in [4.78, 5) is 16.6. The molecule has 1 saturated heterocycles. The number of nitrogens with zero attached hydrogens (tertiary/aromatic N) is 6. The largest absolute Gasteiger partial charge is 0.495 e. The van der Waals surface area contributed by atoms with Gasteiger partial charge in [-0.2, -0.15) is 0 Å². The van der Waals surface area contributed by atoms with Crippen LogP contribution in [0.5, 0.6) is 5.75 Å². The second-order valence-corrected chi connectivity index (χ2v) is 5.65. The van der Waals surface area contributed by atoms with Gasteiger partial charge in [0.15, 0.2) is 5.82 Å². The molecule has 0 atom stereocenters. The van der Waals surface area contributed by atoms with Crippen LogP contribution in [0.1, 0.15) is 12.7 Å². The number of piperazine rings is 1. The number of anilines is 1. The minimum atomic E-state index is 0.0525. The molecule has 1 aromatic carbocycles. The van der Waals surface area contributed by atoms with Crippen LogP contribution in [0.4, 0.5) is 5.69 Å². The standard InChI is InChI=1S/C16H22N6O2/c1-3-15-17-18-19-22(15)12-16(23)21-10-8-20(9-11-21)13-6-4-5-7-14(13)24-2/h4-7H,3,8-12H2,1-2H3. The summed E-state index contributed by atoms with van der Waals surface area (Å²) in [6.07, 6.45) is 0.710. The van der Waals surface area contributed by atoms with Crippen LogP contribution >= 0.6 is 0 Å². The normalized spacial score (nSPS) is 14.8. The van der Waals surface area contributed by atoms with Gasteiger partial charge < -0.3 is 14.5 Å². The van der Waals surface area contributed by atoms with Crippen molar-refractivity contribution in [2.24, 2.45) is 0 Å². The Balaban J connectivity index is 1.59. The third-order valence-corrected chi connectivity index (χ3v) is 4.27. The molecular weight excluding hydrogens is 308 g/mol. The molecular formula is C16H22N6O2. The quantitative estimate of drug-likeness (QED) is 0.799. The van der Waals surface area contributed by atoms with Crippen LogP contribution in [0.15, 0.2) is 24.3 Å². The maximum absolute atomic E-state index is 12.5. The minimum absolute atomic E-state index is 0.0525. The fraction of sp³-hybridized carbons (Fsp3) is 0.500. The van der Waals surface area contributed by atoms with Crippen LogP contribution in [0, 0.1) is 0 Å². The minimum Gasteiger partial charge on any atom is -0.495 e. The van der Waals surface area contributed by atoms with Crippen molar-refractivity contribution in [2.45, 2.75) is 19.9 Å². The van der Waals surface area contributed by atoms with E-state index in [2.05, 4.69) is 20.4 Å². The molecule has 3 rings (SSSR count). The number of hydrogen-bond donors (Lipinski definition) is 0. The topological polar surface area (TPSA) is 76.4 Å². The number of tetrazole rings is 1. The SMILES string of the molecule is CCc1nnnn1CC(=O)N1CCN(c2ccccc2OC)CC1. The maximum Gasteiger partial charge on any atom is 0.244 e. The van der Waals surface area contributed by atoms with Crippen LogP contribution < -0.4 is 9.64 Å². The van der Waals surface area contributed by atoms with E-state index < -0.39 is 0 Å². The number of amides is 1. The summed E-state index contributed by atoms with van der Waals surface area (Å²) in [5.41, 5.74) is 1.07. The van der Waals surface area contributed by atoms with Gasteiger partial charge >= 0.3 is 0 Å². The molecule has 0 spiro atoms. The summed E-state index contributed by atoms with van der Waals surface area (Å²) in [6, 6.07) is 7.96. The van der Waals surface area contributed by atoms with E-state index in [1.54, 1.807) is 11.8 Å². The highest BCUT2D eigenvalue weighted by atomic mass is 16.5. The Hall–Kier alpha value is -2.64. The van der Waals surface area contributed by atoms with Gasteiger partial charge in [-0.1, -0.05) is 19.1 Å². The Bertz CT molecular complexity index is 693. The summed E-state index contributed by atoms with van der Waals surface area (Å²) in [6.45, 7) is 5.09. The number of carbonyl (C=O) groups excluding carboxylic acids is 1. The first kappa shape index (κ1) is 16.2. The predicted octanol–water partition coefficient (Wildman–Crippen LogP) is 0.593. The van der Waals surface area contributed by atoms with Crippen molar-refractivity contribution in [1.29, 1.82) is 0 Å². The van der Waals surface area contributed by atoms with E-state index in [1.165, 1.54) is 0 Å². The van der Waals surface area contributed by atoms with Gasteiger partial charge in [-0.05, 0) is 22.6 Å². The number of methoxy groups -OCH3 is 1. The third-order valence-electron chi connectivity index (χ3n) is 4.27. The van der Waals surface area contributed by atoms with Crippen molar-refractivity contribution in [1.82, 2.24) is 25.1 Å². The van der Waals surface area contributed by atoms with Gasteiger partial charge in [0.2, 0.25) is 5.91 Å². The average Bonchev–Trinajstić information content (AvgIpc) is 3.09. The predicted molar refractivity (Wildman–Crippen MR) is 89.0 cm³/mol. The van der Waals surface area contributed by atoms with Gasteiger partial charge in [0, 0.05) is 32.6 Å². The second kappa shape index (κ2) is 7.29. The lowest BCUT2D eigenvalue weighted by atomic mass is 10.2. The highest BCUT2D eigenvalue weighted by Gasteiger charge is 2.23. The van der Waals surface area contributed by atoms with E-state index in [4.69, 9.17) is 4.74 Å². The molecule has 1 fully saturated rings. The van der Waals surface area contributed by atoms with E-state index in [-0.39, 0.29) is 12.5 Å². The number of hydrogen-bond acceptors (Lipinski definition) is 6. The zero-order valence-corrected chi connectivity index (χ0v) is 14.1. The molecule has 0 aliphatic carbocycles. The molecule has 0 radical (unpaired) electrons. The smallest absolute Gasteiger partial charge is 0.244 e. The summed E-state index contributed by atoms with van der Waals surface area (Å²) in [5.74, 6) is 1.64. The fourth-order valence-electron chi connectivity index (χ4n) is 2.92. The van der Waals surface area contributed by atoms with Crippen molar-refractivity contribution in [3.8, 4) is 5.75 Å². The fourth-order valence-corrected chi connectivity index (χ4v) is 2.92. The molecule has 8 nitrogen and oxygen atoms in total. The number of carbonyl (C=O) groups is 1. The number of aryl methyl sites for hydroxylation is 1. The van der Waals surface area contributed by atoms with E-state index in [0.717, 1.165) is 30.4 Å². The first-order valence-electron chi connectivity index (χ1n) is 8.13. The molecule has 1 aliphatic heterocycles. The molecule has 1 amide bonds. The van der Waals surface area contributed by atoms with Crippen LogP contribution in [-0.2, 0) is 17.8 Å². The molecule has 24 heavy (non-hydrogen) atoms. The molecule has 0 N–H and O–H groups in total. The Kier molecular flexibility index (Phi) is 4.93. The molecule has 0 saturated carbocycles. The van der Waals surface area contributed by atoms with Crippen molar-refractivity contribution >= 4 is 11.6 Å². The van der Waals surface area contributed by atoms with Crippen LogP contribution in [0.25, 0.3) is 0 Å². The molecule has 2 heterocycles. The molecule has 2 aromatic rings. The van der Waals surface area contributed by atoms with E-state index in [9.17, 15) is 4.79 Å². The number of benzene rings is 1. The number of ether oxygens (including phenoxy) is 1. The highest BCUT2D eigenvalue weighted by Crippen LogP contribution is 2.28. The van der Waals surface area contributed by atoms with Crippen molar-refractivity contribution in [3.63, 3.8) is 0 Å². The summed E-state index contributed by atoms with van der Waals surface area (Å²) in [5, 5.41) is 11.4. The molecule has 1 aliphatic rings. The summed E-state index contributed by atoms with van der Waals surface area (Å²) >= 11 is 0. The van der Waals surface area contributed by atoms with Crippen molar-refractivity contribution in [3.05, 3.63) is 30.1 Å². The number of aromatic nitrogens is 4. The molecule has 0 bridgehead atoms. The van der Waals surface area contributed by atoms with Gasteiger partial charge in [0.25, 0.3) is 0 Å². The van der Waals surface area contributed by atoms with Crippen molar-refractivity contribution in [2.75, 3.05) is 38.2 Å².